The van der Waals surface area contributed by atoms with Crippen molar-refractivity contribution in [2.75, 3.05) is 31.2 Å². The van der Waals surface area contributed by atoms with E-state index in [0.29, 0.717) is 18.8 Å². The number of nitrogens with one attached hydrogen (secondary N) is 1. The van der Waals surface area contributed by atoms with E-state index in [-0.39, 0.29) is 0 Å². The molecule has 0 radical (unpaired) electrons. The minimum absolute atomic E-state index is 0.702. The first-order valence-corrected chi connectivity index (χ1v) is 7.03. The van der Waals surface area contributed by atoms with E-state index in [0.717, 1.165) is 36.2 Å². The molecule has 1 aromatic carbocycles. The van der Waals surface area contributed by atoms with Gasteiger partial charge in [0.15, 0.2) is 0 Å². The zero-order valence-corrected chi connectivity index (χ0v) is 11.6. The van der Waals surface area contributed by atoms with E-state index >= 15 is 0 Å². The van der Waals surface area contributed by atoms with Crippen molar-refractivity contribution >= 4 is 16.7 Å². The molecule has 0 amide bonds. The van der Waals surface area contributed by atoms with Gasteiger partial charge >= 0.3 is 0 Å². The lowest BCUT2D eigenvalue weighted by atomic mass is 10.1. The predicted octanol–water partition coefficient (Wildman–Crippen LogP) is 1.92. The van der Waals surface area contributed by atoms with Gasteiger partial charge in [-0.3, -0.25) is 4.90 Å². The summed E-state index contributed by atoms with van der Waals surface area (Å²) < 4.78 is 5.37. The number of anilines is 1. The normalized spacial score (nSPS) is 15.3. The quantitative estimate of drug-likeness (QED) is 0.836. The van der Waals surface area contributed by atoms with Crippen LogP contribution in [0.15, 0.2) is 24.3 Å². The Hall–Kier alpha value is -2.12. The molecular weight excluding hydrogens is 250 g/mol. The van der Waals surface area contributed by atoms with Gasteiger partial charge in [-0.05, 0) is 30.2 Å². The third kappa shape index (κ3) is 2.33. The van der Waals surface area contributed by atoms with E-state index < -0.39 is 0 Å². The minimum atomic E-state index is 0.702. The Balaban J connectivity index is 2.09. The third-order valence-electron chi connectivity index (χ3n) is 3.78. The number of nitriles is 1. The molecule has 20 heavy (non-hydrogen) atoms. The standard InChI is InChI=1S/C16H17N3O/c1-2-12-3-4-15-13(9-12)10-14(11-17)16(18-15)19-5-7-20-8-6-19/h3-4,9-10H,2,5-8H2,1H3/p+1. The maximum absolute atomic E-state index is 9.41. The highest BCUT2D eigenvalue weighted by molar-refractivity contribution is 5.79. The molecule has 1 aliphatic rings. The van der Waals surface area contributed by atoms with Crippen LogP contribution in [-0.4, -0.2) is 26.3 Å². The molecule has 0 unspecified atom stereocenters. The molecule has 4 nitrogen and oxygen atoms in total. The maximum atomic E-state index is 9.41. The van der Waals surface area contributed by atoms with E-state index in [1.165, 1.54) is 5.56 Å². The molecule has 1 saturated heterocycles. The fourth-order valence-corrected chi connectivity index (χ4v) is 2.61. The highest BCUT2D eigenvalue weighted by atomic mass is 16.5. The molecule has 0 aliphatic carbocycles. The first-order chi connectivity index (χ1) is 9.81. The molecule has 3 rings (SSSR count). The number of aromatic nitrogens is 1. The summed E-state index contributed by atoms with van der Waals surface area (Å²) in [7, 11) is 0. The number of pyridine rings is 1. The molecule has 2 heterocycles. The van der Waals surface area contributed by atoms with Crippen LogP contribution >= 0.6 is 0 Å². The van der Waals surface area contributed by atoms with Crippen LogP contribution in [-0.2, 0) is 11.2 Å². The highest BCUT2D eigenvalue weighted by Crippen LogP contribution is 2.21. The molecule has 0 saturated carbocycles. The largest absolute Gasteiger partial charge is 0.373 e. The van der Waals surface area contributed by atoms with Crippen LogP contribution in [0, 0.1) is 11.3 Å². The number of aromatic amines is 1. The van der Waals surface area contributed by atoms with Crippen LogP contribution < -0.4 is 9.88 Å². The van der Waals surface area contributed by atoms with Gasteiger partial charge < -0.3 is 4.74 Å². The van der Waals surface area contributed by atoms with Gasteiger partial charge in [0.2, 0.25) is 0 Å². The van der Waals surface area contributed by atoms with E-state index in [2.05, 4.69) is 41.1 Å². The zero-order valence-electron chi connectivity index (χ0n) is 11.6. The van der Waals surface area contributed by atoms with Crippen LogP contribution in [0.1, 0.15) is 18.1 Å². The van der Waals surface area contributed by atoms with E-state index in [9.17, 15) is 5.26 Å². The van der Waals surface area contributed by atoms with Crippen LogP contribution in [0.2, 0.25) is 0 Å². The predicted molar refractivity (Wildman–Crippen MR) is 77.6 cm³/mol. The van der Waals surface area contributed by atoms with Gasteiger partial charge in [0.1, 0.15) is 30.2 Å². The number of H-pyrrole nitrogens is 1. The molecule has 1 aromatic heterocycles. The van der Waals surface area contributed by atoms with Gasteiger partial charge in [-0.25, -0.2) is 4.98 Å². The number of aryl methyl sites for hydroxylation is 1. The summed E-state index contributed by atoms with van der Waals surface area (Å²) in [5.74, 6) is 0.910. The van der Waals surface area contributed by atoms with Crippen molar-refractivity contribution in [3.05, 3.63) is 35.4 Å². The molecule has 2 aromatic rings. The fourth-order valence-electron chi connectivity index (χ4n) is 2.61. The first kappa shape index (κ1) is 12.9. The number of hydrogen-bond donors (Lipinski definition) is 0. The molecule has 1 fully saturated rings. The number of hydrogen-bond acceptors (Lipinski definition) is 3. The Morgan fingerprint density at radius 3 is 2.80 bits per heavy atom. The van der Waals surface area contributed by atoms with Gasteiger partial charge in [-0.2, -0.15) is 5.26 Å². The fraction of sp³-hybridized carbons (Fsp3) is 0.375. The van der Waals surface area contributed by atoms with Gasteiger partial charge in [0.25, 0.3) is 5.82 Å². The molecule has 102 valence electrons. The average molecular weight is 268 g/mol. The number of rotatable bonds is 2. The molecule has 0 atom stereocenters. The van der Waals surface area contributed by atoms with Gasteiger partial charge in [0, 0.05) is 5.39 Å². The molecule has 1 N–H and O–H groups in total. The number of nitrogens with zero attached hydrogens (tertiary/aromatic N) is 2. The molecule has 1 aliphatic heterocycles. The van der Waals surface area contributed by atoms with Crippen molar-refractivity contribution in [1.82, 2.24) is 0 Å². The number of fused-ring (bicyclic) bond motifs is 1. The van der Waals surface area contributed by atoms with E-state index in [1.807, 2.05) is 6.07 Å². The van der Waals surface area contributed by atoms with Crippen molar-refractivity contribution in [1.29, 1.82) is 5.26 Å². The highest BCUT2D eigenvalue weighted by Gasteiger charge is 2.23. The second-order valence-electron chi connectivity index (χ2n) is 5.02. The summed E-state index contributed by atoms with van der Waals surface area (Å²) in [5, 5.41) is 10.5. The Morgan fingerprint density at radius 2 is 2.10 bits per heavy atom. The monoisotopic (exact) mass is 268 g/mol. The van der Waals surface area contributed by atoms with Crippen molar-refractivity contribution in [2.24, 2.45) is 0 Å². The summed E-state index contributed by atoms with van der Waals surface area (Å²) in [5.41, 5.74) is 3.06. The van der Waals surface area contributed by atoms with Crippen LogP contribution in [0.4, 0.5) is 5.82 Å². The lowest BCUT2D eigenvalue weighted by molar-refractivity contribution is -0.331. The summed E-state index contributed by atoms with van der Waals surface area (Å²) >= 11 is 0. The Bertz CT molecular complexity index is 669. The van der Waals surface area contributed by atoms with Crippen molar-refractivity contribution < 1.29 is 9.72 Å². The minimum Gasteiger partial charge on any atom is -0.373 e. The van der Waals surface area contributed by atoms with Crippen LogP contribution in [0.5, 0.6) is 0 Å². The van der Waals surface area contributed by atoms with Crippen molar-refractivity contribution in [2.45, 2.75) is 13.3 Å². The Morgan fingerprint density at radius 1 is 1.30 bits per heavy atom. The van der Waals surface area contributed by atoms with Crippen molar-refractivity contribution in [3.63, 3.8) is 0 Å². The third-order valence-corrected chi connectivity index (χ3v) is 3.78. The van der Waals surface area contributed by atoms with Crippen LogP contribution in [0.3, 0.4) is 0 Å². The van der Waals surface area contributed by atoms with Gasteiger partial charge in [-0.15, -0.1) is 0 Å². The molecular formula is C16H18N3O+. The number of ether oxygens (including phenoxy) is 1. The van der Waals surface area contributed by atoms with Crippen molar-refractivity contribution in [3.8, 4) is 6.07 Å². The van der Waals surface area contributed by atoms with E-state index in [4.69, 9.17) is 4.74 Å². The number of morpholine rings is 1. The molecule has 4 heteroatoms. The second-order valence-corrected chi connectivity index (χ2v) is 5.02. The van der Waals surface area contributed by atoms with Crippen LogP contribution in [0.25, 0.3) is 10.9 Å². The average Bonchev–Trinajstić information content (AvgIpc) is 2.53. The summed E-state index contributed by atoms with van der Waals surface area (Å²) in [4.78, 5) is 5.60. The molecule has 0 spiro atoms. The first-order valence-electron chi connectivity index (χ1n) is 7.03. The van der Waals surface area contributed by atoms with E-state index in [1.54, 1.807) is 0 Å². The summed E-state index contributed by atoms with van der Waals surface area (Å²) in [6, 6.07) is 10.7. The Labute approximate surface area is 118 Å². The summed E-state index contributed by atoms with van der Waals surface area (Å²) in [6.45, 7) is 5.21. The van der Waals surface area contributed by atoms with Gasteiger partial charge in [-0.1, -0.05) is 13.0 Å². The van der Waals surface area contributed by atoms with Gasteiger partial charge in [0.05, 0.1) is 13.2 Å². The second kappa shape index (κ2) is 5.48. The zero-order chi connectivity index (χ0) is 13.9. The lowest BCUT2D eigenvalue weighted by Crippen LogP contribution is -2.40. The number of benzene rings is 1. The Kier molecular flexibility index (Phi) is 3.53. The summed E-state index contributed by atoms with van der Waals surface area (Å²) in [6.07, 6.45) is 1.00. The topological polar surface area (TPSA) is 50.4 Å². The maximum Gasteiger partial charge on any atom is 0.293 e. The lowest BCUT2D eigenvalue weighted by Gasteiger charge is -2.22. The molecule has 0 bridgehead atoms. The smallest absolute Gasteiger partial charge is 0.293 e. The SMILES string of the molecule is CCc1ccc2[nH+]c(N3CCOCC3)c(C#N)cc2c1.